The fraction of sp³-hybridized carbons (Fsp3) is 0.333. The van der Waals surface area contributed by atoms with Crippen molar-refractivity contribution in [3.8, 4) is 11.4 Å². The van der Waals surface area contributed by atoms with Crippen molar-refractivity contribution in [1.82, 2.24) is 24.4 Å². The molecule has 3 heterocycles. The molecule has 0 atom stereocenters. The van der Waals surface area contributed by atoms with Gasteiger partial charge in [-0.2, -0.15) is 0 Å². The van der Waals surface area contributed by atoms with Gasteiger partial charge in [0.25, 0.3) is 12.3 Å². The molecule has 1 aliphatic carbocycles. The van der Waals surface area contributed by atoms with Gasteiger partial charge < -0.3 is 10.1 Å². The summed E-state index contributed by atoms with van der Waals surface area (Å²) in [4.78, 5) is 34.3. The van der Waals surface area contributed by atoms with E-state index in [1.807, 2.05) is 0 Å². The van der Waals surface area contributed by atoms with Crippen molar-refractivity contribution < 1.29 is 18.3 Å². The molecule has 0 bridgehead atoms. The van der Waals surface area contributed by atoms with Crippen LogP contribution in [0.5, 0.6) is 5.75 Å². The quantitative estimate of drug-likeness (QED) is 0.299. The number of pyridine rings is 2. The predicted molar refractivity (Wildman–Crippen MR) is 144 cm³/mol. The number of nitrogens with one attached hydrogen (secondary N) is 1. The SMILES string of the molecule is COc1ccc(Cl)c(-n2c(=O)n(C[C@H]3CC[C@H](NC(=O)c4cc(Cl)cnc4C(F)F)CC3)c3cnccc32)c1. The van der Waals surface area contributed by atoms with Crippen LogP contribution in [-0.4, -0.2) is 38.2 Å². The average Bonchev–Trinajstić information content (AvgIpc) is 3.20. The fourth-order valence-corrected chi connectivity index (χ4v) is 5.48. The molecule has 1 amide bonds. The molecule has 1 fully saturated rings. The summed E-state index contributed by atoms with van der Waals surface area (Å²) in [6.45, 7) is 0.462. The topological polar surface area (TPSA) is 91.0 Å². The van der Waals surface area contributed by atoms with E-state index in [4.69, 9.17) is 27.9 Å². The van der Waals surface area contributed by atoms with Crippen molar-refractivity contribution in [2.75, 3.05) is 7.11 Å². The number of hydrogen-bond acceptors (Lipinski definition) is 5. The Morgan fingerprint density at radius 2 is 1.90 bits per heavy atom. The second-order valence-corrected chi connectivity index (χ2v) is 10.3. The number of nitrogens with zero attached hydrogens (tertiary/aromatic N) is 4. The lowest BCUT2D eigenvalue weighted by atomic mass is 9.85. The van der Waals surface area contributed by atoms with E-state index in [0.717, 1.165) is 19.0 Å². The van der Waals surface area contributed by atoms with Gasteiger partial charge in [-0.25, -0.2) is 13.6 Å². The number of imidazole rings is 1. The van der Waals surface area contributed by atoms with E-state index in [9.17, 15) is 18.4 Å². The highest BCUT2D eigenvalue weighted by molar-refractivity contribution is 6.32. The second kappa shape index (κ2) is 11.3. The Morgan fingerprint density at radius 1 is 1.13 bits per heavy atom. The number of carbonyl (C=O) groups is 1. The fourth-order valence-electron chi connectivity index (χ4n) is 5.12. The molecule has 1 aromatic carbocycles. The number of halogens is 4. The van der Waals surface area contributed by atoms with E-state index in [0.29, 0.717) is 46.9 Å². The van der Waals surface area contributed by atoms with Gasteiger partial charge in [0, 0.05) is 31.0 Å². The highest BCUT2D eigenvalue weighted by atomic mass is 35.5. The van der Waals surface area contributed by atoms with E-state index in [1.54, 1.807) is 52.9 Å². The third-order valence-electron chi connectivity index (χ3n) is 7.09. The minimum absolute atomic E-state index is 0.114. The lowest BCUT2D eigenvalue weighted by Gasteiger charge is -2.29. The number of alkyl halides is 2. The number of aromatic nitrogens is 4. The van der Waals surface area contributed by atoms with Crippen LogP contribution >= 0.6 is 23.2 Å². The number of methoxy groups -OCH3 is 1. The van der Waals surface area contributed by atoms with Crippen LogP contribution in [0.3, 0.4) is 0 Å². The molecule has 8 nitrogen and oxygen atoms in total. The van der Waals surface area contributed by atoms with Crippen molar-refractivity contribution in [2.24, 2.45) is 5.92 Å². The molecular formula is C27H25Cl2F2N5O3. The first kappa shape index (κ1) is 27.1. The maximum atomic E-state index is 13.7. The Labute approximate surface area is 232 Å². The molecule has 0 unspecified atom stereocenters. The van der Waals surface area contributed by atoms with Crippen LogP contribution in [0.4, 0.5) is 8.78 Å². The number of fused-ring (bicyclic) bond motifs is 1. The van der Waals surface area contributed by atoms with Gasteiger partial charge in [-0.05, 0) is 55.9 Å². The summed E-state index contributed by atoms with van der Waals surface area (Å²) in [6.07, 6.45) is 4.25. The number of ether oxygens (including phenoxy) is 1. The van der Waals surface area contributed by atoms with Gasteiger partial charge in [-0.3, -0.25) is 23.9 Å². The van der Waals surface area contributed by atoms with Gasteiger partial charge in [0.1, 0.15) is 11.4 Å². The van der Waals surface area contributed by atoms with Crippen LogP contribution in [0, 0.1) is 5.92 Å². The first-order valence-electron chi connectivity index (χ1n) is 12.4. The summed E-state index contributed by atoms with van der Waals surface area (Å²) >= 11 is 12.4. The Hall–Kier alpha value is -3.50. The maximum absolute atomic E-state index is 13.7. The molecule has 0 spiro atoms. The van der Waals surface area contributed by atoms with Crippen LogP contribution in [0.15, 0.2) is 53.7 Å². The zero-order valence-corrected chi connectivity index (χ0v) is 22.4. The van der Waals surface area contributed by atoms with Crippen LogP contribution in [0.25, 0.3) is 16.7 Å². The third kappa shape index (κ3) is 5.49. The van der Waals surface area contributed by atoms with E-state index >= 15 is 0 Å². The number of carbonyl (C=O) groups excluding carboxylic acids is 1. The summed E-state index contributed by atoms with van der Waals surface area (Å²) < 4.78 is 35.3. The second-order valence-electron chi connectivity index (χ2n) is 9.49. The van der Waals surface area contributed by atoms with Crippen molar-refractivity contribution >= 4 is 40.1 Å². The molecule has 39 heavy (non-hydrogen) atoms. The minimum atomic E-state index is -2.89. The first-order chi connectivity index (χ1) is 18.8. The molecule has 4 aromatic rings. The first-order valence-corrected chi connectivity index (χ1v) is 13.2. The monoisotopic (exact) mass is 575 g/mol. The normalized spacial score (nSPS) is 17.5. The van der Waals surface area contributed by atoms with E-state index in [2.05, 4.69) is 15.3 Å². The van der Waals surface area contributed by atoms with Gasteiger partial charge in [-0.15, -0.1) is 0 Å². The van der Waals surface area contributed by atoms with Crippen LogP contribution in [-0.2, 0) is 6.54 Å². The average molecular weight is 576 g/mol. The zero-order valence-electron chi connectivity index (χ0n) is 20.9. The number of rotatable bonds is 7. The molecule has 1 N–H and O–H groups in total. The van der Waals surface area contributed by atoms with Gasteiger partial charge in [0.05, 0.1) is 45.6 Å². The van der Waals surface area contributed by atoms with Crippen LogP contribution in [0.1, 0.15) is 48.2 Å². The molecule has 12 heteroatoms. The van der Waals surface area contributed by atoms with Crippen molar-refractivity contribution in [3.05, 3.63) is 80.7 Å². The summed E-state index contributed by atoms with van der Waals surface area (Å²) in [5.74, 6) is 0.121. The Bertz CT molecular complexity index is 1580. The third-order valence-corrected chi connectivity index (χ3v) is 7.61. The van der Waals surface area contributed by atoms with Crippen LogP contribution in [0.2, 0.25) is 10.0 Å². The number of amides is 1. The summed E-state index contributed by atoms with van der Waals surface area (Å²) in [7, 11) is 1.55. The molecule has 0 aliphatic heterocycles. The Kier molecular flexibility index (Phi) is 7.86. The number of benzene rings is 1. The highest BCUT2D eigenvalue weighted by Gasteiger charge is 2.27. The molecule has 3 aromatic heterocycles. The molecule has 5 rings (SSSR count). The lowest BCUT2D eigenvalue weighted by Crippen LogP contribution is -2.39. The molecule has 1 saturated carbocycles. The number of hydrogen-bond donors (Lipinski definition) is 1. The summed E-state index contributed by atoms with van der Waals surface area (Å²) in [5, 5.41) is 3.37. The van der Waals surface area contributed by atoms with E-state index in [1.165, 1.54) is 6.07 Å². The molecule has 1 aliphatic rings. The van der Waals surface area contributed by atoms with Gasteiger partial charge >= 0.3 is 5.69 Å². The standard InChI is InChI=1S/C27H25Cl2F2N5O3/c1-39-18-6-7-20(29)22(11-18)36-21-8-9-32-13-23(21)35(27(36)38)14-15-2-4-17(5-3-15)34-26(37)19-10-16(28)12-33-24(19)25(30)31/h6-13,15,17,25H,2-5,14H2,1H3,(H,34,37)/t15-,17-. The van der Waals surface area contributed by atoms with E-state index in [-0.39, 0.29) is 28.2 Å². The summed E-state index contributed by atoms with van der Waals surface area (Å²) in [5.41, 5.74) is 0.826. The van der Waals surface area contributed by atoms with E-state index < -0.39 is 18.0 Å². The predicted octanol–water partition coefficient (Wildman–Crippen LogP) is 5.82. The largest absolute Gasteiger partial charge is 0.497 e. The Morgan fingerprint density at radius 3 is 2.62 bits per heavy atom. The highest BCUT2D eigenvalue weighted by Crippen LogP contribution is 2.30. The molecule has 0 radical (unpaired) electrons. The Balaban J connectivity index is 1.33. The van der Waals surface area contributed by atoms with Crippen molar-refractivity contribution in [3.63, 3.8) is 0 Å². The van der Waals surface area contributed by atoms with Crippen molar-refractivity contribution in [2.45, 2.75) is 44.7 Å². The molecule has 0 saturated heterocycles. The van der Waals surface area contributed by atoms with Crippen molar-refractivity contribution in [1.29, 1.82) is 0 Å². The van der Waals surface area contributed by atoms with Crippen LogP contribution < -0.4 is 15.7 Å². The smallest absolute Gasteiger partial charge is 0.333 e. The zero-order chi connectivity index (χ0) is 27.7. The summed E-state index contributed by atoms with van der Waals surface area (Å²) in [6, 6.07) is 7.93. The molecule has 204 valence electrons. The van der Waals surface area contributed by atoms with Gasteiger partial charge in [-0.1, -0.05) is 23.2 Å². The molecular weight excluding hydrogens is 551 g/mol. The maximum Gasteiger partial charge on any atom is 0.333 e. The lowest BCUT2D eigenvalue weighted by molar-refractivity contribution is 0.0904. The van der Waals surface area contributed by atoms with Gasteiger partial charge in [0.15, 0.2) is 0 Å². The minimum Gasteiger partial charge on any atom is -0.497 e. The van der Waals surface area contributed by atoms with Gasteiger partial charge in [0.2, 0.25) is 0 Å².